The average Bonchev–Trinajstić information content (AvgIpc) is 3.21. The number of aromatic amines is 1. The van der Waals surface area contributed by atoms with Crippen LogP contribution in [-0.2, 0) is 4.74 Å². The van der Waals surface area contributed by atoms with Crippen LogP contribution in [0.5, 0.6) is 0 Å². The van der Waals surface area contributed by atoms with Crippen LogP contribution in [0.25, 0.3) is 5.57 Å². The van der Waals surface area contributed by atoms with Crippen LogP contribution in [-0.4, -0.2) is 61.6 Å². The fourth-order valence-electron chi connectivity index (χ4n) is 5.31. The summed E-state index contributed by atoms with van der Waals surface area (Å²) in [5.74, 6) is -0.00761. The number of anilines is 1. The summed E-state index contributed by atoms with van der Waals surface area (Å²) in [7, 11) is 0. The van der Waals surface area contributed by atoms with Gasteiger partial charge in [0.25, 0.3) is 5.91 Å². The van der Waals surface area contributed by atoms with Gasteiger partial charge in [-0.15, -0.1) is 0 Å². The van der Waals surface area contributed by atoms with E-state index in [9.17, 15) is 4.79 Å². The van der Waals surface area contributed by atoms with Gasteiger partial charge in [-0.3, -0.25) is 9.78 Å². The summed E-state index contributed by atoms with van der Waals surface area (Å²) in [6, 6.07) is 5.95. The normalized spacial score (nSPS) is 20.8. The van der Waals surface area contributed by atoms with E-state index in [2.05, 4.69) is 62.9 Å². The molecule has 181 valence electrons. The maximum Gasteiger partial charge on any atom is 0.291 e. The predicted molar refractivity (Wildman–Crippen MR) is 138 cm³/mol. The molecular weight excluding hydrogens is 449 g/mol. The number of ether oxygens (including phenoxy) is 1. The average molecular weight is 485 g/mol. The molecule has 0 aromatic carbocycles. The zero-order valence-electron chi connectivity index (χ0n) is 22.1. The van der Waals surface area contributed by atoms with Gasteiger partial charge in [-0.2, -0.15) is 5.26 Å². The van der Waals surface area contributed by atoms with Gasteiger partial charge in [0.05, 0.1) is 28.8 Å². The standard InChI is InChI=1S/C27H35N5O2.Na/c1-25(2)11-9-17(10-12-25)22-21(32-24(33)23-29-16-19(15-28)30-23)8-7-20(31-22)18-13-26(3,4)34-27(5,6)14-18;/h7-9,16,18H,10-14H2,1-6H3,(H,29,30)(H,32,33);. The van der Waals surface area contributed by atoms with Gasteiger partial charge in [0.15, 0.2) is 5.82 Å². The summed E-state index contributed by atoms with van der Waals surface area (Å²) in [6.07, 6.45) is 8.37. The summed E-state index contributed by atoms with van der Waals surface area (Å²) in [4.78, 5) is 24.8. The summed E-state index contributed by atoms with van der Waals surface area (Å²) >= 11 is 0. The number of carbonyl (C=O) groups excluding carboxylic acids is 1. The largest absolute Gasteiger partial charge is 0.370 e. The summed E-state index contributed by atoms with van der Waals surface area (Å²) in [5, 5.41) is 12.0. The van der Waals surface area contributed by atoms with Gasteiger partial charge in [0.2, 0.25) is 0 Å². The Balaban J connectivity index is 0.00000342. The Morgan fingerprint density at radius 1 is 1.17 bits per heavy atom. The molecule has 1 aliphatic heterocycles. The first-order valence-electron chi connectivity index (χ1n) is 12.0. The van der Waals surface area contributed by atoms with Crippen molar-refractivity contribution in [2.24, 2.45) is 5.41 Å². The van der Waals surface area contributed by atoms with Crippen LogP contribution in [0.3, 0.4) is 0 Å². The number of imidazole rings is 1. The Hall–Kier alpha value is -1.98. The Kier molecular flexibility index (Phi) is 8.03. The molecule has 2 aliphatic rings. The topological polar surface area (TPSA) is 104 Å². The van der Waals surface area contributed by atoms with E-state index in [4.69, 9.17) is 15.0 Å². The number of amides is 1. The number of pyridine rings is 1. The van der Waals surface area contributed by atoms with Crippen molar-refractivity contribution in [2.75, 3.05) is 5.32 Å². The number of nitrogens with zero attached hydrogens (tertiary/aromatic N) is 3. The first-order valence-corrected chi connectivity index (χ1v) is 12.0. The molecular formula is C27H35N5NaO2. The number of carbonyl (C=O) groups is 1. The number of allylic oxidation sites excluding steroid dienone is 2. The molecule has 1 fully saturated rings. The summed E-state index contributed by atoms with van der Waals surface area (Å²) in [6.45, 7) is 13.1. The fourth-order valence-corrected chi connectivity index (χ4v) is 5.31. The Labute approximate surface area is 230 Å². The minimum absolute atomic E-state index is 0. The molecule has 1 amide bonds. The fraction of sp³-hybridized carbons (Fsp3) is 0.556. The van der Waals surface area contributed by atoms with Crippen LogP contribution in [0.4, 0.5) is 5.69 Å². The van der Waals surface area contributed by atoms with Crippen molar-refractivity contribution < 1.29 is 9.53 Å². The molecule has 0 saturated carbocycles. The van der Waals surface area contributed by atoms with Gasteiger partial charge in [0.1, 0.15) is 11.8 Å². The van der Waals surface area contributed by atoms with E-state index in [0.717, 1.165) is 43.5 Å². The van der Waals surface area contributed by atoms with Gasteiger partial charge in [-0.1, -0.05) is 19.9 Å². The second kappa shape index (κ2) is 10.2. The molecule has 3 heterocycles. The monoisotopic (exact) mass is 484 g/mol. The second-order valence-corrected chi connectivity index (χ2v) is 11.7. The predicted octanol–water partition coefficient (Wildman–Crippen LogP) is 5.59. The van der Waals surface area contributed by atoms with E-state index in [0.29, 0.717) is 5.69 Å². The summed E-state index contributed by atoms with van der Waals surface area (Å²) in [5.41, 5.74) is 3.75. The third-order valence-corrected chi connectivity index (χ3v) is 6.80. The van der Waals surface area contributed by atoms with Crippen molar-refractivity contribution in [2.45, 2.75) is 90.8 Å². The molecule has 7 nitrogen and oxygen atoms in total. The maximum absolute atomic E-state index is 12.9. The molecule has 0 unspecified atom stereocenters. The Morgan fingerprint density at radius 3 is 2.43 bits per heavy atom. The van der Waals surface area contributed by atoms with Crippen molar-refractivity contribution in [3.05, 3.63) is 47.3 Å². The molecule has 4 rings (SSSR count). The van der Waals surface area contributed by atoms with Crippen molar-refractivity contribution in [3.8, 4) is 6.07 Å². The van der Waals surface area contributed by atoms with Crippen LogP contribution in [0, 0.1) is 16.7 Å². The van der Waals surface area contributed by atoms with Crippen LogP contribution >= 0.6 is 0 Å². The van der Waals surface area contributed by atoms with Crippen molar-refractivity contribution in [1.29, 1.82) is 5.26 Å². The second-order valence-electron chi connectivity index (χ2n) is 11.7. The number of nitriles is 1. The van der Waals surface area contributed by atoms with Crippen molar-refractivity contribution in [3.63, 3.8) is 0 Å². The molecule has 1 saturated heterocycles. The van der Waals surface area contributed by atoms with Gasteiger partial charge < -0.3 is 15.0 Å². The van der Waals surface area contributed by atoms with E-state index in [-0.39, 0.29) is 69.5 Å². The molecule has 8 heteroatoms. The van der Waals surface area contributed by atoms with E-state index in [1.165, 1.54) is 11.8 Å². The number of hydrogen-bond acceptors (Lipinski definition) is 5. The van der Waals surface area contributed by atoms with Crippen molar-refractivity contribution >= 4 is 46.7 Å². The molecule has 1 radical (unpaired) electrons. The van der Waals surface area contributed by atoms with E-state index >= 15 is 0 Å². The van der Waals surface area contributed by atoms with E-state index < -0.39 is 0 Å². The summed E-state index contributed by atoms with van der Waals surface area (Å²) < 4.78 is 6.29. The third kappa shape index (κ3) is 6.62. The quantitative estimate of drug-likeness (QED) is 0.551. The van der Waals surface area contributed by atoms with Crippen LogP contribution in [0.1, 0.15) is 107 Å². The zero-order chi connectivity index (χ0) is 24.7. The number of aromatic nitrogens is 3. The number of nitrogens with one attached hydrogen (secondary N) is 2. The van der Waals surface area contributed by atoms with Crippen molar-refractivity contribution in [1.82, 2.24) is 15.0 Å². The minimum atomic E-state index is -0.387. The van der Waals surface area contributed by atoms with E-state index in [1.54, 1.807) is 0 Å². The number of hydrogen-bond donors (Lipinski definition) is 2. The molecule has 2 N–H and O–H groups in total. The Bertz CT molecular complexity index is 1160. The number of H-pyrrole nitrogens is 1. The van der Waals surface area contributed by atoms with Gasteiger partial charge in [-0.25, -0.2) is 4.98 Å². The zero-order valence-corrected chi connectivity index (χ0v) is 24.1. The molecule has 0 spiro atoms. The van der Waals surface area contributed by atoms with Gasteiger partial charge in [-0.05, 0) is 82.9 Å². The molecule has 1 aliphatic carbocycles. The van der Waals surface area contributed by atoms with Crippen LogP contribution < -0.4 is 5.32 Å². The van der Waals surface area contributed by atoms with Gasteiger partial charge in [0, 0.05) is 41.2 Å². The molecule has 0 bridgehead atoms. The first-order chi connectivity index (χ1) is 15.9. The number of rotatable bonds is 4. The molecule has 35 heavy (non-hydrogen) atoms. The minimum Gasteiger partial charge on any atom is -0.370 e. The SMILES string of the molecule is CC1(C)CC=C(c2nc(C3CC(C)(C)OC(C)(C)C3)ccc2NC(=O)c2ncc(C#N)[nH]2)CC1.[Na]. The van der Waals surface area contributed by atoms with Crippen LogP contribution in [0.2, 0.25) is 0 Å². The molecule has 2 aromatic heterocycles. The van der Waals surface area contributed by atoms with Crippen LogP contribution in [0.15, 0.2) is 24.4 Å². The first kappa shape index (κ1) is 27.6. The Morgan fingerprint density at radius 2 is 1.86 bits per heavy atom. The maximum atomic E-state index is 12.9. The molecule has 2 aromatic rings. The van der Waals surface area contributed by atoms with Gasteiger partial charge >= 0.3 is 0 Å². The molecule has 0 atom stereocenters. The third-order valence-electron chi connectivity index (χ3n) is 6.80. The smallest absolute Gasteiger partial charge is 0.291 e. The van der Waals surface area contributed by atoms with E-state index in [1.807, 2.05) is 18.2 Å².